The van der Waals surface area contributed by atoms with Crippen molar-refractivity contribution in [3.05, 3.63) is 0 Å². The highest BCUT2D eigenvalue weighted by Gasteiger charge is 2.31. The average molecular weight is 299 g/mol. The Morgan fingerprint density at radius 1 is 1.29 bits per heavy atom. The second-order valence-corrected chi connectivity index (χ2v) is 6.87. The molecule has 3 heteroatoms. The molecule has 1 N–H and O–H groups in total. The first kappa shape index (κ1) is 18.9. The van der Waals surface area contributed by atoms with Gasteiger partial charge in [-0.15, -0.1) is 0 Å². The summed E-state index contributed by atoms with van der Waals surface area (Å²) in [5.41, 5.74) is 0. The summed E-state index contributed by atoms with van der Waals surface area (Å²) in [6, 6.07) is 1.36. The SMILES string of the molecule is CCCC1CCC(NC)C(CN(CCOC)C(C)CC)C1. The normalized spacial score (nSPS) is 28.0. The molecule has 0 spiro atoms. The zero-order chi connectivity index (χ0) is 15.7. The summed E-state index contributed by atoms with van der Waals surface area (Å²) in [5.74, 6) is 1.75. The third kappa shape index (κ3) is 6.25. The second kappa shape index (κ2) is 10.6. The number of rotatable bonds is 10. The van der Waals surface area contributed by atoms with Crippen molar-refractivity contribution in [1.29, 1.82) is 0 Å². The molecule has 1 saturated carbocycles. The lowest BCUT2D eigenvalue weighted by atomic mass is 9.76. The van der Waals surface area contributed by atoms with Crippen molar-refractivity contribution in [2.45, 2.75) is 71.4 Å². The summed E-state index contributed by atoms with van der Waals surface area (Å²) in [5, 5.41) is 3.58. The molecule has 4 unspecified atom stereocenters. The number of nitrogens with one attached hydrogen (secondary N) is 1. The van der Waals surface area contributed by atoms with Crippen LogP contribution < -0.4 is 5.32 Å². The fraction of sp³-hybridized carbons (Fsp3) is 1.00. The zero-order valence-electron chi connectivity index (χ0n) is 15.0. The van der Waals surface area contributed by atoms with Gasteiger partial charge in [0.15, 0.2) is 0 Å². The smallest absolute Gasteiger partial charge is 0.0589 e. The molecule has 0 bridgehead atoms. The highest BCUT2D eigenvalue weighted by Crippen LogP contribution is 2.33. The Labute approximate surface area is 132 Å². The van der Waals surface area contributed by atoms with Crippen LogP contribution in [0.15, 0.2) is 0 Å². The van der Waals surface area contributed by atoms with E-state index in [-0.39, 0.29) is 0 Å². The van der Waals surface area contributed by atoms with E-state index < -0.39 is 0 Å². The van der Waals surface area contributed by atoms with Gasteiger partial charge in [0, 0.05) is 32.3 Å². The summed E-state index contributed by atoms with van der Waals surface area (Å²) in [4.78, 5) is 2.65. The number of ether oxygens (including phenoxy) is 1. The maximum absolute atomic E-state index is 5.31. The minimum atomic E-state index is 0.657. The lowest BCUT2D eigenvalue weighted by Gasteiger charge is -2.40. The predicted octanol–water partition coefficient (Wildman–Crippen LogP) is 3.54. The van der Waals surface area contributed by atoms with Crippen molar-refractivity contribution in [3.8, 4) is 0 Å². The quantitative estimate of drug-likeness (QED) is 0.667. The number of methoxy groups -OCH3 is 1. The van der Waals surface area contributed by atoms with Gasteiger partial charge in [-0.25, -0.2) is 0 Å². The summed E-state index contributed by atoms with van der Waals surface area (Å²) in [6.45, 7) is 10.1. The van der Waals surface area contributed by atoms with Crippen molar-refractivity contribution in [2.24, 2.45) is 11.8 Å². The first-order chi connectivity index (χ1) is 10.2. The van der Waals surface area contributed by atoms with Crippen LogP contribution in [0.5, 0.6) is 0 Å². The number of nitrogens with zero attached hydrogens (tertiary/aromatic N) is 1. The molecule has 4 atom stereocenters. The molecule has 0 aromatic heterocycles. The third-order valence-corrected chi connectivity index (χ3v) is 5.42. The fourth-order valence-electron chi connectivity index (χ4n) is 3.87. The van der Waals surface area contributed by atoms with Crippen LogP contribution >= 0.6 is 0 Å². The molecular formula is C18H38N2O. The van der Waals surface area contributed by atoms with Gasteiger partial charge >= 0.3 is 0 Å². The summed E-state index contributed by atoms with van der Waals surface area (Å²) >= 11 is 0. The van der Waals surface area contributed by atoms with Crippen molar-refractivity contribution < 1.29 is 4.74 Å². The Balaban J connectivity index is 2.62. The van der Waals surface area contributed by atoms with E-state index in [0.29, 0.717) is 12.1 Å². The van der Waals surface area contributed by atoms with Crippen LogP contribution in [0.1, 0.15) is 59.3 Å². The average Bonchev–Trinajstić information content (AvgIpc) is 2.51. The maximum atomic E-state index is 5.31. The monoisotopic (exact) mass is 298 g/mol. The van der Waals surface area contributed by atoms with Crippen LogP contribution in [0.4, 0.5) is 0 Å². The van der Waals surface area contributed by atoms with E-state index in [1.807, 2.05) is 7.11 Å². The van der Waals surface area contributed by atoms with Crippen molar-refractivity contribution in [1.82, 2.24) is 10.2 Å². The largest absolute Gasteiger partial charge is 0.383 e. The maximum Gasteiger partial charge on any atom is 0.0589 e. The molecule has 0 saturated heterocycles. The van der Waals surface area contributed by atoms with E-state index in [1.165, 1.54) is 45.1 Å². The Kier molecular flexibility index (Phi) is 9.54. The van der Waals surface area contributed by atoms with Gasteiger partial charge in [0.1, 0.15) is 0 Å². The van der Waals surface area contributed by atoms with Gasteiger partial charge < -0.3 is 10.1 Å². The van der Waals surface area contributed by atoms with Crippen LogP contribution in [-0.2, 0) is 4.74 Å². The topological polar surface area (TPSA) is 24.5 Å². The number of hydrogen-bond acceptors (Lipinski definition) is 3. The van der Waals surface area contributed by atoms with Gasteiger partial charge in [-0.1, -0.05) is 26.7 Å². The molecule has 1 aliphatic carbocycles. The van der Waals surface area contributed by atoms with Gasteiger partial charge in [-0.05, 0) is 51.5 Å². The van der Waals surface area contributed by atoms with Gasteiger partial charge in [0.25, 0.3) is 0 Å². The van der Waals surface area contributed by atoms with Crippen molar-refractivity contribution in [2.75, 3.05) is 33.9 Å². The fourth-order valence-corrected chi connectivity index (χ4v) is 3.87. The molecule has 21 heavy (non-hydrogen) atoms. The van der Waals surface area contributed by atoms with E-state index in [2.05, 4.69) is 38.0 Å². The highest BCUT2D eigenvalue weighted by atomic mass is 16.5. The molecule has 1 rings (SSSR count). The van der Waals surface area contributed by atoms with E-state index in [4.69, 9.17) is 4.74 Å². The van der Waals surface area contributed by atoms with E-state index in [1.54, 1.807) is 0 Å². The lowest BCUT2D eigenvalue weighted by Crippen LogP contribution is -2.47. The van der Waals surface area contributed by atoms with Crippen LogP contribution in [0, 0.1) is 11.8 Å². The molecule has 0 aromatic carbocycles. The lowest BCUT2D eigenvalue weighted by molar-refractivity contribution is 0.0828. The summed E-state index contributed by atoms with van der Waals surface area (Å²) in [7, 11) is 3.95. The molecule has 0 radical (unpaired) electrons. The molecule has 1 aliphatic rings. The Morgan fingerprint density at radius 2 is 2.05 bits per heavy atom. The molecule has 0 aliphatic heterocycles. The van der Waals surface area contributed by atoms with Crippen LogP contribution in [0.3, 0.4) is 0 Å². The van der Waals surface area contributed by atoms with E-state index in [0.717, 1.165) is 25.0 Å². The summed E-state index contributed by atoms with van der Waals surface area (Å²) in [6.07, 6.45) is 8.13. The van der Waals surface area contributed by atoms with Crippen molar-refractivity contribution in [3.63, 3.8) is 0 Å². The molecule has 3 nitrogen and oxygen atoms in total. The van der Waals surface area contributed by atoms with E-state index in [9.17, 15) is 0 Å². The molecular weight excluding hydrogens is 260 g/mol. The van der Waals surface area contributed by atoms with Gasteiger partial charge in [0.05, 0.1) is 6.61 Å². The number of hydrogen-bond donors (Lipinski definition) is 1. The predicted molar refractivity (Wildman–Crippen MR) is 91.8 cm³/mol. The Hall–Kier alpha value is -0.120. The Bertz CT molecular complexity index is 260. The molecule has 126 valence electrons. The van der Waals surface area contributed by atoms with Crippen LogP contribution in [0.25, 0.3) is 0 Å². The van der Waals surface area contributed by atoms with Crippen LogP contribution in [-0.4, -0.2) is 50.8 Å². The highest BCUT2D eigenvalue weighted by molar-refractivity contribution is 4.86. The summed E-state index contributed by atoms with van der Waals surface area (Å²) < 4.78 is 5.31. The third-order valence-electron chi connectivity index (χ3n) is 5.42. The minimum absolute atomic E-state index is 0.657. The standard InChI is InChI=1S/C18H38N2O/c1-6-8-16-9-10-18(19-4)17(13-16)14-20(11-12-21-5)15(3)7-2/h15-19H,6-14H2,1-5H3. The minimum Gasteiger partial charge on any atom is -0.383 e. The molecule has 0 amide bonds. The molecule has 0 heterocycles. The molecule has 0 aromatic rings. The van der Waals surface area contributed by atoms with E-state index >= 15 is 0 Å². The second-order valence-electron chi connectivity index (χ2n) is 6.87. The zero-order valence-corrected chi connectivity index (χ0v) is 15.0. The molecule has 1 fully saturated rings. The van der Waals surface area contributed by atoms with Gasteiger partial charge in [-0.2, -0.15) is 0 Å². The van der Waals surface area contributed by atoms with Gasteiger partial charge in [-0.3, -0.25) is 4.90 Å². The first-order valence-corrected chi connectivity index (χ1v) is 9.06. The van der Waals surface area contributed by atoms with Crippen LogP contribution in [0.2, 0.25) is 0 Å². The van der Waals surface area contributed by atoms with Gasteiger partial charge in [0.2, 0.25) is 0 Å². The first-order valence-electron chi connectivity index (χ1n) is 9.06. The Morgan fingerprint density at radius 3 is 2.62 bits per heavy atom. The van der Waals surface area contributed by atoms with Crippen molar-refractivity contribution >= 4 is 0 Å².